The Kier molecular flexibility index (Phi) is 16.8. The van der Waals surface area contributed by atoms with E-state index in [0.717, 1.165) is 19.3 Å². The minimum absolute atomic E-state index is 0.0465. The molecule has 0 saturated heterocycles. The van der Waals surface area contributed by atoms with Crippen molar-refractivity contribution >= 4 is 17.9 Å². The maximum absolute atomic E-state index is 11.1. The molecule has 0 saturated carbocycles. The van der Waals surface area contributed by atoms with Crippen LogP contribution < -0.4 is 5.11 Å². The monoisotopic (exact) mass is 427 g/mol. The lowest BCUT2D eigenvalue weighted by Gasteiger charge is -2.35. The molecule has 0 aromatic heterocycles. The summed E-state index contributed by atoms with van der Waals surface area (Å²) in [7, 11) is 0. The highest BCUT2D eigenvalue weighted by Crippen LogP contribution is 2.13. The first-order chi connectivity index (χ1) is 14.3. The van der Waals surface area contributed by atoms with Crippen LogP contribution in [-0.4, -0.2) is 58.8 Å². The van der Waals surface area contributed by atoms with Crippen LogP contribution in [0.5, 0.6) is 0 Å². The largest absolute Gasteiger partial charge is 0.544 e. The molecule has 2 N–H and O–H groups in total. The highest BCUT2D eigenvalue weighted by atomic mass is 16.4. The van der Waals surface area contributed by atoms with Crippen molar-refractivity contribution in [2.45, 2.75) is 90.4 Å². The molecule has 0 aromatic carbocycles. The van der Waals surface area contributed by atoms with Crippen LogP contribution in [0.25, 0.3) is 0 Å². The van der Waals surface area contributed by atoms with Gasteiger partial charge in [0.15, 0.2) is 13.1 Å². The Morgan fingerprint density at radius 3 is 1.53 bits per heavy atom. The van der Waals surface area contributed by atoms with E-state index in [9.17, 15) is 19.5 Å². The molecule has 0 amide bonds. The number of carbonyl (C=O) groups excluding carboxylic acids is 1. The van der Waals surface area contributed by atoms with E-state index in [1.807, 2.05) is 6.08 Å². The summed E-state index contributed by atoms with van der Waals surface area (Å²) in [5.41, 5.74) is 0. The number of carboxylic acid groups (broad SMARTS) is 3. The lowest BCUT2D eigenvalue weighted by molar-refractivity contribution is -0.903. The molecule has 0 aliphatic heterocycles. The summed E-state index contributed by atoms with van der Waals surface area (Å²) in [4.78, 5) is 33.2. The molecule has 30 heavy (non-hydrogen) atoms. The molecule has 7 nitrogen and oxygen atoms in total. The number of carbonyl (C=O) groups is 3. The zero-order chi connectivity index (χ0) is 22.7. The molecule has 0 aliphatic rings. The standard InChI is InChI=1S/C23H41NO6/c1-2-3-4-5-6-7-8-9-10-11-12-13-14-15-16-17-24(18-21(25)26,19-22(27)28)20-23(29)30/h15-16H,2-14,17-20H2,1H3,(H2-,25,26,27,28,29,30)/b16-15+. The number of quaternary nitrogens is 1. The van der Waals surface area contributed by atoms with Crippen LogP contribution >= 0.6 is 0 Å². The van der Waals surface area contributed by atoms with Gasteiger partial charge in [-0.25, -0.2) is 9.59 Å². The number of allylic oxidation sites excluding steroid dienone is 1. The number of carboxylic acids is 3. The highest BCUT2D eigenvalue weighted by Gasteiger charge is 2.32. The fourth-order valence-corrected chi connectivity index (χ4v) is 3.73. The van der Waals surface area contributed by atoms with Crippen LogP contribution in [0.3, 0.4) is 0 Å². The van der Waals surface area contributed by atoms with Crippen LogP contribution in [0.1, 0.15) is 90.4 Å². The van der Waals surface area contributed by atoms with Crippen molar-refractivity contribution in [1.29, 1.82) is 0 Å². The van der Waals surface area contributed by atoms with E-state index in [1.165, 1.54) is 64.2 Å². The first-order valence-electron chi connectivity index (χ1n) is 11.4. The minimum atomic E-state index is -1.45. The summed E-state index contributed by atoms with van der Waals surface area (Å²) in [6, 6.07) is 0. The Balaban J connectivity index is 4.01. The smallest absolute Gasteiger partial charge is 0.359 e. The molecule has 0 bridgehead atoms. The Morgan fingerprint density at radius 1 is 0.700 bits per heavy atom. The fraction of sp³-hybridized carbons (Fsp3) is 0.783. The maximum atomic E-state index is 11.1. The van der Waals surface area contributed by atoms with E-state index in [2.05, 4.69) is 6.92 Å². The van der Waals surface area contributed by atoms with Gasteiger partial charge in [-0.2, -0.15) is 0 Å². The summed E-state index contributed by atoms with van der Waals surface area (Å²) in [6.45, 7) is 0.511. The lowest BCUT2D eigenvalue weighted by atomic mass is 10.0. The summed E-state index contributed by atoms with van der Waals surface area (Å²) in [5, 5.41) is 29.1. The maximum Gasteiger partial charge on any atom is 0.359 e. The average Bonchev–Trinajstić information content (AvgIpc) is 2.63. The molecule has 0 unspecified atom stereocenters. The van der Waals surface area contributed by atoms with E-state index in [1.54, 1.807) is 6.08 Å². The van der Waals surface area contributed by atoms with Crippen LogP contribution in [-0.2, 0) is 14.4 Å². The van der Waals surface area contributed by atoms with Crippen LogP contribution in [0, 0.1) is 0 Å². The molecule has 0 aliphatic carbocycles. The Labute approximate surface area is 181 Å². The van der Waals surface area contributed by atoms with Crippen molar-refractivity contribution < 1.29 is 34.2 Å². The van der Waals surface area contributed by atoms with Crippen molar-refractivity contribution in [1.82, 2.24) is 0 Å². The van der Waals surface area contributed by atoms with Gasteiger partial charge in [-0.3, -0.25) is 4.48 Å². The van der Waals surface area contributed by atoms with Crippen LogP contribution in [0.4, 0.5) is 0 Å². The van der Waals surface area contributed by atoms with Gasteiger partial charge in [-0.15, -0.1) is 0 Å². The molecule has 0 rings (SSSR count). The second-order valence-corrected chi connectivity index (χ2v) is 8.31. The van der Waals surface area contributed by atoms with Gasteiger partial charge in [0.25, 0.3) is 0 Å². The number of nitrogens with zero attached hydrogens (tertiary/aromatic N) is 1. The van der Waals surface area contributed by atoms with Gasteiger partial charge in [-0.05, 0) is 18.9 Å². The summed E-state index contributed by atoms with van der Waals surface area (Å²) >= 11 is 0. The molecule has 0 aromatic rings. The van der Waals surface area contributed by atoms with E-state index < -0.39 is 42.0 Å². The number of rotatable bonds is 21. The summed E-state index contributed by atoms with van der Waals surface area (Å²) < 4.78 is -0.581. The second-order valence-electron chi connectivity index (χ2n) is 8.31. The zero-order valence-corrected chi connectivity index (χ0v) is 18.7. The third-order valence-corrected chi connectivity index (χ3v) is 5.29. The third kappa shape index (κ3) is 17.0. The molecule has 0 fully saturated rings. The van der Waals surface area contributed by atoms with E-state index in [-0.39, 0.29) is 6.54 Å². The highest BCUT2D eigenvalue weighted by molar-refractivity contribution is 5.72. The molecule has 7 heteroatoms. The molecular formula is C23H41NO6. The first-order valence-corrected chi connectivity index (χ1v) is 11.4. The summed E-state index contributed by atoms with van der Waals surface area (Å²) in [6.07, 6.45) is 19.7. The zero-order valence-electron chi connectivity index (χ0n) is 18.7. The minimum Gasteiger partial charge on any atom is -0.544 e. The normalized spacial score (nSPS) is 11.8. The van der Waals surface area contributed by atoms with Crippen molar-refractivity contribution in [2.75, 3.05) is 26.2 Å². The quantitative estimate of drug-likeness (QED) is 0.165. The van der Waals surface area contributed by atoms with Crippen molar-refractivity contribution in [2.24, 2.45) is 0 Å². The molecule has 0 radical (unpaired) electrons. The van der Waals surface area contributed by atoms with Gasteiger partial charge in [0.05, 0.1) is 12.5 Å². The Bertz CT molecular complexity index is 477. The predicted molar refractivity (Wildman–Crippen MR) is 115 cm³/mol. The molecule has 174 valence electrons. The molecule has 0 spiro atoms. The van der Waals surface area contributed by atoms with Gasteiger partial charge in [0, 0.05) is 0 Å². The number of hydrogen-bond donors (Lipinski definition) is 2. The molecular weight excluding hydrogens is 386 g/mol. The van der Waals surface area contributed by atoms with Crippen LogP contribution in [0.15, 0.2) is 12.2 Å². The number of unbranched alkanes of at least 4 members (excludes halogenated alkanes) is 12. The van der Waals surface area contributed by atoms with E-state index in [0.29, 0.717) is 0 Å². The van der Waals surface area contributed by atoms with Gasteiger partial charge in [-0.1, -0.05) is 83.6 Å². The fourth-order valence-electron chi connectivity index (χ4n) is 3.73. The van der Waals surface area contributed by atoms with Crippen molar-refractivity contribution in [3.05, 3.63) is 12.2 Å². The Morgan fingerprint density at radius 2 is 1.13 bits per heavy atom. The summed E-state index contributed by atoms with van der Waals surface area (Å²) in [5.74, 6) is -3.91. The number of aliphatic carboxylic acids is 3. The molecule has 0 atom stereocenters. The topological polar surface area (TPSA) is 115 Å². The second kappa shape index (κ2) is 17.9. The Hall–Kier alpha value is -1.89. The SMILES string of the molecule is CCCCCCCCCCCCCC/C=C/C[N+](CC(=O)[O-])(CC(=O)O)CC(=O)O. The lowest BCUT2D eigenvalue weighted by Crippen LogP contribution is -2.58. The van der Waals surface area contributed by atoms with Crippen molar-refractivity contribution in [3.63, 3.8) is 0 Å². The van der Waals surface area contributed by atoms with Crippen LogP contribution in [0.2, 0.25) is 0 Å². The third-order valence-electron chi connectivity index (χ3n) is 5.29. The van der Waals surface area contributed by atoms with Gasteiger partial charge in [0.2, 0.25) is 0 Å². The average molecular weight is 428 g/mol. The van der Waals surface area contributed by atoms with Gasteiger partial charge < -0.3 is 20.1 Å². The van der Waals surface area contributed by atoms with Crippen molar-refractivity contribution in [3.8, 4) is 0 Å². The molecule has 0 heterocycles. The van der Waals surface area contributed by atoms with E-state index >= 15 is 0 Å². The van der Waals surface area contributed by atoms with Gasteiger partial charge >= 0.3 is 11.9 Å². The number of hydrogen-bond acceptors (Lipinski definition) is 4. The predicted octanol–water partition coefficient (Wildman–Crippen LogP) is 3.37. The van der Waals surface area contributed by atoms with E-state index in [4.69, 9.17) is 10.2 Å². The first kappa shape index (κ1) is 28.1. The van der Waals surface area contributed by atoms with Gasteiger partial charge in [0.1, 0.15) is 6.54 Å².